The molecule has 1 fully saturated rings. The molecule has 0 bridgehead atoms. The topological polar surface area (TPSA) is 64.7 Å². The van der Waals surface area contributed by atoms with Crippen LogP contribution in [0.2, 0.25) is 0 Å². The van der Waals surface area contributed by atoms with Crippen molar-refractivity contribution in [1.29, 1.82) is 0 Å². The quantitative estimate of drug-likeness (QED) is 0.529. The number of para-hydroxylation sites is 1. The highest BCUT2D eigenvalue weighted by Gasteiger charge is 2.30. The Bertz CT molecular complexity index is 940. The van der Waals surface area contributed by atoms with Crippen molar-refractivity contribution < 1.29 is 22.8 Å². The number of rotatable bonds is 6. The van der Waals surface area contributed by atoms with E-state index in [1.807, 2.05) is 18.2 Å². The van der Waals surface area contributed by atoms with Gasteiger partial charge in [0.2, 0.25) is 5.91 Å². The van der Waals surface area contributed by atoms with Crippen LogP contribution >= 0.6 is 0 Å². The van der Waals surface area contributed by atoms with Crippen LogP contribution < -0.4 is 15.8 Å². The summed E-state index contributed by atoms with van der Waals surface area (Å²) >= 11 is 0. The fraction of sp³-hybridized carbons (Fsp3) is 0.304. The fourth-order valence-corrected chi connectivity index (χ4v) is 3.35. The zero-order valence-corrected chi connectivity index (χ0v) is 17.4. The number of carbonyl (C=O) groups is 2. The number of alkyl halides is 3. The molecule has 2 amide bonds. The van der Waals surface area contributed by atoms with Gasteiger partial charge in [-0.1, -0.05) is 30.3 Å². The molecule has 0 spiro atoms. The highest BCUT2D eigenvalue weighted by Crippen LogP contribution is 2.29. The van der Waals surface area contributed by atoms with Crippen molar-refractivity contribution in [2.24, 2.45) is 0 Å². The van der Waals surface area contributed by atoms with E-state index in [2.05, 4.69) is 32.8 Å². The van der Waals surface area contributed by atoms with Crippen molar-refractivity contribution >= 4 is 23.6 Å². The lowest BCUT2D eigenvalue weighted by atomic mass is 10.1. The monoisotopic (exact) mass is 446 g/mol. The zero-order valence-electron chi connectivity index (χ0n) is 17.4. The van der Waals surface area contributed by atoms with Crippen molar-refractivity contribution in [3.63, 3.8) is 0 Å². The maximum atomic E-state index is 12.7. The predicted octanol–water partition coefficient (Wildman–Crippen LogP) is 3.08. The van der Waals surface area contributed by atoms with Crippen molar-refractivity contribution in [3.05, 3.63) is 71.8 Å². The van der Waals surface area contributed by atoms with E-state index in [1.165, 1.54) is 23.9 Å². The highest BCUT2D eigenvalue weighted by molar-refractivity contribution is 5.93. The summed E-state index contributed by atoms with van der Waals surface area (Å²) in [4.78, 5) is 28.3. The summed E-state index contributed by atoms with van der Waals surface area (Å²) < 4.78 is 38.2. The Morgan fingerprint density at radius 2 is 1.66 bits per heavy atom. The van der Waals surface area contributed by atoms with Crippen LogP contribution in [-0.4, -0.2) is 49.4 Å². The number of hydrogen-bond acceptors (Lipinski definition) is 4. The number of piperazine rings is 1. The number of nitrogens with one attached hydrogen (secondary N) is 2. The van der Waals surface area contributed by atoms with E-state index in [0.29, 0.717) is 6.54 Å². The minimum absolute atomic E-state index is 0.225. The Labute approximate surface area is 184 Å². The fourth-order valence-electron chi connectivity index (χ4n) is 3.35. The smallest absolute Gasteiger partial charge is 0.369 e. The summed E-state index contributed by atoms with van der Waals surface area (Å²) in [6.45, 7) is 4.01. The molecule has 6 nitrogen and oxygen atoms in total. The molecule has 32 heavy (non-hydrogen) atoms. The molecule has 0 unspecified atom stereocenters. The van der Waals surface area contributed by atoms with Gasteiger partial charge in [-0.25, -0.2) is 0 Å². The number of amides is 2. The van der Waals surface area contributed by atoms with E-state index >= 15 is 0 Å². The molecule has 2 N–H and O–H groups in total. The normalized spacial score (nSPS) is 15.0. The van der Waals surface area contributed by atoms with Gasteiger partial charge in [-0.2, -0.15) is 13.2 Å². The summed E-state index contributed by atoms with van der Waals surface area (Å²) in [5.41, 5.74) is 5.19. The summed E-state index contributed by atoms with van der Waals surface area (Å²) in [6.07, 6.45) is -1.90. The third kappa shape index (κ3) is 7.12. The lowest BCUT2D eigenvalue weighted by Gasteiger charge is -2.36. The second kappa shape index (κ2) is 10.8. The number of hydrazine groups is 1. The van der Waals surface area contributed by atoms with Gasteiger partial charge >= 0.3 is 6.18 Å². The number of hydrogen-bond donors (Lipinski definition) is 2. The number of halogens is 3. The van der Waals surface area contributed by atoms with Gasteiger partial charge in [0.25, 0.3) is 5.91 Å². The second-order valence-electron chi connectivity index (χ2n) is 7.41. The van der Waals surface area contributed by atoms with Crippen LogP contribution in [0.15, 0.2) is 60.7 Å². The zero-order chi connectivity index (χ0) is 23.0. The minimum atomic E-state index is -4.45. The van der Waals surface area contributed by atoms with Crippen LogP contribution in [0.25, 0.3) is 6.08 Å². The van der Waals surface area contributed by atoms with Gasteiger partial charge in [0, 0.05) is 50.9 Å². The standard InChI is InChI=1S/C23H25F3N4O2/c24-23(25,26)19-6-4-5-18(17-19)9-10-21(31)27-28-22(32)11-12-29-13-15-30(16-14-29)20-7-2-1-3-8-20/h1-10,17H,11-16H2,(H,27,31)(H,28,32)/b10-9+. The van der Waals surface area contributed by atoms with E-state index in [-0.39, 0.29) is 17.9 Å². The van der Waals surface area contributed by atoms with Gasteiger partial charge in [-0.3, -0.25) is 25.3 Å². The highest BCUT2D eigenvalue weighted by atomic mass is 19.4. The molecular formula is C23H25F3N4O2. The van der Waals surface area contributed by atoms with Crippen molar-refractivity contribution in [1.82, 2.24) is 15.8 Å². The second-order valence-corrected chi connectivity index (χ2v) is 7.41. The first-order valence-electron chi connectivity index (χ1n) is 10.3. The molecule has 1 heterocycles. The van der Waals surface area contributed by atoms with Crippen LogP contribution in [0.1, 0.15) is 17.5 Å². The molecule has 0 atom stereocenters. The molecular weight excluding hydrogens is 421 g/mol. The molecule has 3 rings (SSSR count). The number of nitrogens with zero attached hydrogens (tertiary/aromatic N) is 2. The molecule has 0 aliphatic carbocycles. The van der Waals surface area contributed by atoms with Crippen molar-refractivity contribution in [2.75, 3.05) is 37.6 Å². The molecule has 9 heteroatoms. The van der Waals surface area contributed by atoms with E-state index in [0.717, 1.165) is 44.4 Å². The van der Waals surface area contributed by atoms with Gasteiger partial charge in [-0.15, -0.1) is 0 Å². The first-order chi connectivity index (χ1) is 15.3. The van der Waals surface area contributed by atoms with Gasteiger partial charge in [0.05, 0.1) is 5.56 Å². The molecule has 2 aromatic carbocycles. The number of benzene rings is 2. The average molecular weight is 446 g/mol. The van der Waals surface area contributed by atoms with Gasteiger partial charge in [0.1, 0.15) is 0 Å². The van der Waals surface area contributed by atoms with Crippen molar-refractivity contribution in [3.8, 4) is 0 Å². The minimum Gasteiger partial charge on any atom is -0.369 e. The lowest BCUT2D eigenvalue weighted by molar-refractivity contribution is -0.137. The third-order valence-electron chi connectivity index (χ3n) is 5.11. The Morgan fingerprint density at radius 3 is 2.34 bits per heavy atom. The van der Waals surface area contributed by atoms with Crippen LogP contribution in [0, 0.1) is 0 Å². The summed E-state index contributed by atoms with van der Waals surface area (Å²) in [5, 5.41) is 0. The maximum Gasteiger partial charge on any atom is 0.416 e. The number of anilines is 1. The third-order valence-corrected chi connectivity index (χ3v) is 5.11. The predicted molar refractivity (Wildman–Crippen MR) is 116 cm³/mol. The number of carbonyl (C=O) groups excluding carboxylic acids is 2. The van der Waals surface area contributed by atoms with Crippen molar-refractivity contribution in [2.45, 2.75) is 12.6 Å². The largest absolute Gasteiger partial charge is 0.416 e. The molecule has 1 saturated heterocycles. The van der Waals surface area contributed by atoms with Gasteiger partial charge in [-0.05, 0) is 35.9 Å². The Balaban J connectivity index is 1.35. The van der Waals surface area contributed by atoms with E-state index < -0.39 is 17.6 Å². The van der Waals surface area contributed by atoms with Crippen LogP contribution in [0.5, 0.6) is 0 Å². The first kappa shape index (κ1) is 23.3. The summed E-state index contributed by atoms with van der Waals surface area (Å²) in [6, 6.07) is 14.8. The van der Waals surface area contributed by atoms with Crippen LogP contribution in [0.3, 0.4) is 0 Å². The Kier molecular flexibility index (Phi) is 7.88. The first-order valence-corrected chi connectivity index (χ1v) is 10.3. The molecule has 170 valence electrons. The van der Waals surface area contributed by atoms with E-state index in [4.69, 9.17) is 0 Å². The maximum absolute atomic E-state index is 12.7. The van der Waals surface area contributed by atoms with Crippen LogP contribution in [-0.2, 0) is 15.8 Å². The molecule has 1 aliphatic rings. The Hall–Kier alpha value is -3.33. The Morgan fingerprint density at radius 1 is 0.938 bits per heavy atom. The summed E-state index contributed by atoms with van der Waals surface area (Å²) in [5.74, 6) is -0.969. The SMILES string of the molecule is O=C(/C=C/c1cccc(C(F)(F)F)c1)NNC(=O)CCN1CCN(c2ccccc2)CC1. The average Bonchev–Trinajstić information content (AvgIpc) is 2.80. The van der Waals surface area contributed by atoms with Gasteiger partial charge < -0.3 is 4.90 Å². The molecule has 1 aliphatic heterocycles. The molecule has 2 aromatic rings. The van der Waals surface area contributed by atoms with Gasteiger partial charge in [0.15, 0.2) is 0 Å². The lowest BCUT2D eigenvalue weighted by Crippen LogP contribution is -2.48. The molecule has 0 radical (unpaired) electrons. The van der Waals surface area contributed by atoms with E-state index in [9.17, 15) is 22.8 Å². The molecule has 0 saturated carbocycles. The van der Waals surface area contributed by atoms with Crippen LogP contribution in [0.4, 0.5) is 18.9 Å². The summed E-state index contributed by atoms with van der Waals surface area (Å²) in [7, 11) is 0. The molecule has 0 aromatic heterocycles. The van der Waals surface area contributed by atoms with E-state index in [1.54, 1.807) is 0 Å².